The van der Waals surface area contributed by atoms with Crippen molar-refractivity contribution in [3.63, 3.8) is 0 Å². The second kappa shape index (κ2) is 8.17. The van der Waals surface area contributed by atoms with Crippen molar-refractivity contribution in [3.05, 3.63) is 39.4 Å². The Kier molecular flexibility index (Phi) is 5.39. The molecule has 1 aliphatic rings. The maximum atomic E-state index is 12.4. The number of ether oxygens (including phenoxy) is 1. The summed E-state index contributed by atoms with van der Waals surface area (Å²) in [6, 6.07) is 1.42. The number of nitrogens with two attached hydrogens (primary N) is 2. The van der Waals surface area contributed by atoms with Crippen LogP contribution in [0, 0.1) is 0 Å². The third-order valence-corrected chi connectivity index (χ3v) is 4.66. The molecule has 0 bridgehead atoms. The van der Waals surface area contributed by atoms with Gasteiger partial charge in [0.1, 0.15) is 18.0 Å². The minimum Gasteiger partial charge on any atom is -0.387 e. The number of carbonyl (C=O) groups is 1. The minimum absolute atomic E-state index is 0.00382. The standard InChI is InChI=1S/C16H18N10O6/c17-6-1-3-25(16(31)21-6)4-2-20-24-13(30)10-8(27)9(28)14(32-10)26-5-19-7-11(26)22-15(18)23-12(7)29/h1-3,5,8-10,14,27-28H,4H2,(H,24,30)(H2,17,21,31)(H3,18,22,23,29)/b20-2+/t8-,9+,10-,14+/m0/s1. The number of amides is 1. The average molecular weight is 446 g/mol. The molecule has 8 N–H and O–H groups in total. The van der Waals surface area contributed by atoms with Gasteiger partial charge in [-0.1, -0.05) is 0 Å². The molecule has 0 radical (unpaired) electrons. The number of H-pyrrole nitrogens is 1. The number of nitrogens with one attached hydrogen (secondary N) is 2. The molecule has 4 heterocycles. The van der Waals surface area contributed by atoms with Crippen molar-refractivity contribution in [2.75, 3.05) is 11.5 Å². The monoisotopic (exact) mass is 446 g/mol. The van der Waals surface area contributed by atoms with Gasteiger partial charge in [-0.05, 0) is 6.07 Å². The molecular formula is C16H18N10O6. The van der Waals surface area contributed by atoms with Gasteiger partial charge >= 0.3 is 5.69 Å². The SMILES string of the molecule is Nc1ccn(C/C=N/NC(=O)[C@H]2O[C@@H](n3cnc4c(=O)[nH]c(N)nc43)[C@H](O)[C@@H]2O)c(=O)n1. The van der Waals surface area contributed by atoms with Gasteiger partial charge in [0, 0.05) is 12.4 Å². The Morgan fingerprint density at radius 1 is 1.31 bits per heavy atom. The highest BCUT2D eigenvalue weighted by Gasteiger charge is 2.47. The zero-order valence-electron chi connectivity index (χ0n) is 16.2. The van der Waals surface area contributed by atoms with Gasteiger partial charge in [0.15, 0.2) is 23.5 Å². The normalized spacial score (nSPS) is 23.2. The number of rotatable bonds is 5. The topological polar surface area (TPSA) is 242 Å². The van der Waals surface area contributed by atoms with Gasteiger partial charge < -0.3 is 26.4 Å². The molecule has 4 rings (SSSR count). The number of aliphatic hydroxyl groups is 2. The number of aliphatic hydroxyl groups excluding tert-OH is 2. The molecular weight excluding hydrogens is 428 g/mol. The summed E-state index contributed by atoms with van der Waals surface area (Å²) in [6.45, 7) is -0.00557. The van der Waals surface area contributed by atoms with E-state index in [1.54, 1.807) is 0 Å². The van der Waals surface area contributed by atoms with Crippen LogP contribution in [0.3, 0.4) is 0 Å². The molecule has 168 valence electrons. The fourth-order valence-corrected chi connectivity index (χ4v) is 3.12. The Labute approximate surface area is 177 Å². The molecule has 16 nitrogen and oxygen atoms in total. The van der Waals surface area contributed by atoms with E-state index in [2.05, 4.69) is 30.5 Å². The van der Waals surface area contributed by atoms with E-state index in [9.17, 15) is 24.6 Å². The Hall–Kier alpha value is -4.15. The van der Waals surface area contributed by atoms with E-state index in [0.29, 0.717) is 0 Å². The number of imidazole rings is 1. The summed E-state index contributed by atoms with van der Waals surface area (Å²) >= 11 is 0. The summed E-state index contributed by atoms with van der Waals surface area (Å²) in [5, 5.41) is 24.3. The lowest BCUT2D eigenvalue weighted by molar-refractivity contribution is -0.137. The number of aromatic amines is 1. The summed E-state index contributed by atoms with van der Waals surface area (Å²) in [6.07, 6.45) is -2.14. The first-order valence-corrected chi connectivity index (χ1v) is 9.14. The number of nitrogen functional groups attached to an aromatic ring is 2. The van der Waals surface area contributed by atoms with Crippen LogP contribution >= 0.6 is 0 Å². The van der Waals surface area contributed by atoms with Crippen LogP contribution < -0.4 is 28.1 Å². The van der Waals surface area contributed by atoms with E-state index >= 15 is 0 Å². The van der Waals surface area contributed by atoms with E-state index in [4.69, 9.17) is 16.2 Å². The van der Waals surface area contributed by atoms with Crippen LogP contribution in [0.15, 0.2) is 33.3 Å². The fraction of sp³-hybridized carbons (Fsp3) is 0.312. The lowest BCUT2D eigenvalue weighted by Crippen LogP contribution is -2.41. The summed E-state index contributed by atoms with van der Waals surface area (Å²) < 4.78 is 7.87. The molecule has 4 atom stereocenters. The second-order valence-corrected chi connectivity index (χ2v) is 6.78. The molecule has 1 fully saturated rings. The number of hydrogen-bond donors (Lipinski definition) is 6. The van der Waals surface area contributed by atoms with Crippen LogP contribution in [-0.4, -0.2) is 69.7 Å². The van der Waals surface area contributed by atoms with Crippen molar-refractivity contribution in [3.8, 4) is 0 Å². The van der Waals surface area contributed by atoms with Crippen molar-refractivity contribution >= 4 is 35.1 Å². The Morgan fingerprint density at radius 2 is 2.09 bits per heavy atom. The first-order chi connectivity index (χ1) is 15.3. The lowest BCUT2D eigenvalue weighted by atomic mass is 10.1. The van der Waals surface area contributed by atoms with Crippen molar-refractivity contribution < 1.29 is 19.7 Å². The zero-order valence-corrected chi connectivity index (χ0v) is 16.2. The predicted octanol–water partition coefficient (Wildman–Crippen LogP) is -3.74. The van der Waals surface area contributed by atoms with Gasteiger partial charge in [-0.15, -0.1) is 0 Å². The highest BCUT2D eigenvalue weighted by Crippen LogP contribution is 2.31. The summed E-state index contributed by atoms with van der Waals surface area (Å²) in [5.41, 5.74) is 11.9. The van der Waals surface area contributed by atoms with Gasteiger partial charge in [0.25, 0.3) is 11.5 Å². The van der Waals surface area contributed by atoms with Gasteiger partial charge in [0.05, 0.1) is 12.9 Å². The molecule has 0 saturated carbocycles. The molecule has 1 amide bonds. The number of fused-ring (bicyclic) bond motifs is 1. The van der Waals surface area contributed by atoms with E-state index < -0.39 is 41.7 Å². The van der Waals surface area contributed by atoms with Crippen LogP contribution in [0.1, 0.15) is 6.23 Å². The highest BCUT2D eigenvalue weighted by molar-refractivity contribution is 5.82. The quantitative estimate of drug-likeness (QED) is 0.164. The van der Waals surface area contributed by atoms with E-state index in [1.807, 2.05) is 0 Å². The largest absolute Gasteiger partial charge is 0.387 e. The molecule has 3 aromatic rings. The van der Waals surface area contributed by atoms with Crippen LogP contribution in [0.2, 0.25) is 0 Å². The Morgan fingerprint density at radius 3 is 2.84 bits per heavy atom. The van der Waals surface area contributed by atoms with Crippen molar-refractivity contribution in [2.45, 2.75) is 31.1 Å². The number of anilines is 2. The first kappa shape index (κ1) is 21.1. The lowest BCUT2D eigenvalue weighted by Gasteiger charge is -2.16. The molecule has 32 heavy (non-hydrogen) atoms. The third kappa shape index (κ3) is 3.80. The van der Waals surface area contributed by atoms with Crippen molar-refractivity contribution in [1.82, 2.24) is 34.5 Å². The van der Waals surface area contributed by atoms with E-state index in [-0.39, 0.29) is 29.5 Å². The van der Waals surface area contributed by atoms with Gasteiger partial charge in [-0.2, -0.15) is 15.1 Å². The van der Waals surface area contributed by atoms with Crippen molar-refractivity contribution in [1.29, 1.82) is 0 Å². The van der Waals surface area contributed by atoms with Crippen LogP contribution in [0.4, 0.5) is 11.8 Å². The van der Waals surface area contributed by atoms with Crippen molar-refractivity contribution in [2.24, 2.45) is 5.10 Å². The average Bonchev–Trinajstić information content (AvgIpc) is 3.28. The molecule has 16 heteroatoms. The Balaban J connectivity index is 1.45. The number of hydrazone groups is 1. The Bertz CT molecular complexity index is 1310. The summed E-state index contributed by atoms with van der Waals surface area (Å²) in [5.74, 6) is -0.964. The van der Waals surface area contributed by atoms with Gasteiger partial charge in [-0.3, -0.25) is 23.7 Å². The second-order valence-electron chi connectivity index (χ2n) is 6.78. The smallest absolute Gasteiger partial charge is 0.349 e. The predicted molar refractivity (Wildman–Crippen MR) is 108 cm³/mol. The fourth-order valence-electron chi connectivity index (χ4n) is 3.12. The molecule has 1 aliphatic heterocycles. The van der Waals surface area contributed by atoms with Crippen LogP contribution in [0.25, 0.3) is 11.2 Å². The molecule has 0 aromatic carbocycles. The molecule has 1 saturated heterocycles. The first-order valence-electron chi connectivity index (χ1n) is 9.14. The zero-order chi connectivity index (χ0) is 23.0. The molecule has 0 unspecified atom stereocenters. The molecule has 0 spiro atoms. The van der Waals surface area contributed by atoms with Gasteiger partial charge in [-0.25, -0.2) is 15.2 Å². The molecule has 3 aromatic heterocycles. The van der Waals surface area contributed by atoms with Crippen LogP contribution in [-0.2, 0) is 16.1 Å². The van der Waals surface area contributed by atoms with Crippen LogP contribution in [0.5, 0.6) is 0 Å². The number of carbonyl (C=O) groups excluding carboxylic acids is 1. The van der Waals surface area contributed by atoms with Gasteiger partial charge in [0.2, 0.25) is 5.95 Å². The number of hydrogen-bond acceptors (Lipinski definition) is 12. The maximum Gasteiger partial charge on any atom is 0.349 e. The third-order valence-electron chi connectivity index (χ3n) is 4.66. The number of aromatic nitrogens is 6. The molecule has 0 aliphatic carbocycles. The minimum atomic E-state index is -1.61. The highest BCUT2D eigenvalue weighted by atomic mass is 16.6. The summed E-state index contributed by atoms with van der Waals surface area (Å²) in [4.78, 5) is 49.6. The van der Waals surface area contributed by atoms with E-state index in [0.717, 1.165) is 0 Å². The maximum absolute atomic E-state index is 12.4. The summed E-state index contributed by atoms with van der Waals surface area (Å²) in [7, 11) is 0. The number of nitrogens with zero attached hydrogens (tertiary/aromatic N) is 6. The van der Waals surface area contributed by atoms with E-state index in [1.165, 1.54) is 33.9 Å².